The van der Waals surface area contributed by atoms with E-state index in [1.165, 1.54) is 0 Å². The number of carbonyl (C=O) groups is 2. The summed E-state index contributed by atoms with van der Waals surface area (Å²) >= 11 is 0. The zero-order valence-corrected chi connectivity index (χ0v) is 9.64. The molecule has 1 aliphatic rings. The first-order valence-corrected chi connectivity index (χ1v) is 5.73. The predicted molar refractivity (Wildman–Crippen MR) is 69.6 cm³/mol. The van der Waals surface area contributed by atoms with E-state index in [0.717, 1.165) is 11.1 Å². The minimum atomic E-state index is -0.176. The third-order valence-corrected chi connectivity index (χ3v) is 3.20. The third kappa shape index (κ3) is 1.44. The van der Waals surface area contributed by atoms with E-state index in [1.807, 2.05) is 30.3 Å². The zero-order valence-electron chi connectivity index (χ0n) is 9.64. The highest BCUT2D eigenvalue weighted by atomic mass is 16.2. The number of carbonyl (C=O) groups excluding carboxylic acids is 2. The van der Waals surface area contributed by atoms with Crippen LogP contribution in [0.1, 0.15) is 27.1 Å². The first-order chi connectivity index (χ1) is 8.68. The molecule has 2 aromatic rings. The molecule has 1 aliphatic carbocycles. The van der Waals surface area contributed by atoms with E-state index in [2.05, 4.69) is 0 Å². The summed E-state index contributed by atoms with van der Waals surface area (Å²) in [5.74, 6) is -0.313. The molecule has 0 spiro atoms. The Morgan fingerprint density at radius 1 is 0.833 bits per heavy atom. The summed E-state index contributed by atoms with van der Waals surface area (Å²) < 4.78 is 0. The van der Waals surface area contributed by atoms with Crippen molar-refractivity contribution in [2.75, 3.05) is 5.73 Å². The number of hydrogen-bond donors (Lipinski definition) is 1. The average molecular weight is 237 g/mol. The maximum atomic E-state index is 11.9. The van der Waals surface area contributed by atoms with Gasteiger partial charge in [-0.05, 0) is 17.2 Å². The van der Waals surface area contributed by atoms with Crippen molar-refractivity contribution in [2.24, 2.45) is 0 Å². The van der Waals surface area contributed by atoms with Gasteiger partial charge in [-0.1, -0.05) is 36.4 Å². The highest BCUT2D eigenvalue weighted by Crippen LogP contribution is 2.35. The van der Waals surface area contributed by atoms with Crippen LogP contribution in [0.3, 0.4) is 0 Å². The number of Topliss-reactive ketones (excluding diaryl/α,β-unsaturated/α-hetero) is 2. The van der Waals surface area contributed by atoms with Gasteiger partial charge in [-0.15, -0.1) is 0 Å². The van der Waals surface area contributed by atoms with Crippen LogP contribution in [0, 0.1) is 0 Å². The van der Waals surface area contributed by atoms with Crippen molar-refractivity contribution in [3.63, 3.8) is 0 Å². The molecule has 0 amide bonds. The Kier molecular flexibility index (Phi) is 2.27. The van der Waals surface area contributed by atoms with Crippen molar-refractivity contribution in [3.05, 3.63) is 53.6 Å². The summed E-state index contributed by atoms with van der Waals surface area (Å²) in [4.78, 5) is 23.7. The summed E-state index contributed by atoms with van der Waals surface area (Å²) in [5.41, 5.74) is 8.77. The second-order valence-electron chi connectivity index (χ2n) is 4.34. The Hall–Kier alpha value is -2.42. The van der Waals surface area contributed by atoms with E-state index in [4.69, 9.17) is 5.73 Å². The highest BCUT2D eigenvalue weighted by Gasteiger charge is 2.32. The van der Waals surface area contributed by atoms with Gasteiger partial charge in [-0.25, -0.2) is 0 Å². The van der Waals surface area contributed by atoms with Crippen molar-refractivity contribution in [2.45, 2.75) is 6.42 Å². The summed E-state index contributed by atoms with van der Waals surface area (Å²) in [7, 11) is 0. The summed E-state index contributed by atoms with van der Waals surface area (Å²) in [6, 6.07) is 13.0. The molecular weight excluding hydrogens is 226 g/mol. The van der Waals surface area contributed by atoms with Crippen LogP contribution in [0.4, 0.5) is 5.69 Å². The molecule has 0 heterocycles. The molecule has 0 aromatic heterocycles. The predicted octanol–water partition coefficient (Wildman–Crippen LogP) is 2.70. The molecule has 0 saturated carbocycles. The van der Waals surface area contributed by atoms with Gasteiger partial charge in [0.25, 0.3) is 0 Å². The molecule has 0 aliphatic heterocycles. The van der Waals surface area contributed by atoms with Crippen molar-refractivity contribution >= 4 is 17.3 Å². The molecule has 3 nitrogen and oxygen atoms in total. The van der Waals surface area contributed by atoms with Crippen molar-refractivity contribution in [3.8, 4) is 11.1 Å². The van der Waals surface area contributed by atoms with Crippen LogP contribution in [-0.2, 0) is 0 Å². The standard InChI is InChI=1S/C15H11NO2/c16-11-7-6-10(9-4-2-1-3-5-9)14-12(17)8-13(18)15(11)14/h1-7H,8,16H2. The van der Waals surface area contributed by atoms with Crippen LogP contribution in [0.2, 0.25) is 0 Å². The van der Waals surface area contributed by atoms with E-state index >= 15 is 0 Å². The molecule has 3 heteroatoms. The van der Waals surface area contributed by atoms with E-state index in [0.29, 0.717) is 16.8 Å². The Labute approximate surface area is 104 Å². The quantitative estimate of drug-likeness (QED) is 0.612. The van der Waals surface area contributed by atoms with Crippen LogP contribution >= 0.6 is 0 Å². The number of ketones is 2. The fourth-order valence-electron chi connectivity index (χ4n) is 2.39. The largest absolute Gasteiger partial charge is 0.398 e. The SMILES string of the molecule is Nc1ccc(-c2ccccc2)c2c1C(=O)CC2=O. The van der Waals surface area contributed by atoms with Gasteiger partial charge in [0, 0.05) is 11.3 Å². The van der Waals surface area contributed by atoms with Crippen molar-refractivity contribution < 1.29 is 9.59 Å². The number of fused-ring (bicyclic) bond motifs is 1. The Morgan fingerprint density at radius 2 is 1.50 bits per heavy atom. The number of benzene rings is 2. The van der Waals surface area contributed by atoms with Gasteiger partial charge in [0.05, 0.1) is 12.0 Å². The van der Waals surface area contributed by atoms with Crippen molar-refractivity contribution in [1.82, 2.24) is 0 Å². The van der Waals surface area contributed by atoms with Crippen LogP contribution in [-0.4, -0.2) is 11.6 Å². The Balaban J connectivity index is 2.32. The molecule has 2 N–H and O–H groups in total. The number of hydrogen-bond acceptors (Lipinski definition) is 3. The maximum absolute atomic E-state index is 11.9. The number of rotatable bonds is 1. The zero-order chi connectivity index (χ0) is 12.7. The molecule has 0 bridgehead atoms. The first kappa shape index (κ1) is 10.7. The summed E-state index contributed by atoms with van der Waals surface area (Å²) in [5, 5.41) is 0. The minimum absolute atomic E-state index is 0.0661. The summed E-state index contributed by atoms with van der Waals surface area (Å²) in [6.07, 6.45) is -0.0661. The molecular formula is C15H11NO2. The highest BCUT2D eigenvalue weighted by molar-refractivity contribution is 6.28. The number of nitrogen functional groups attached to an aromatic ring is 1. The van der Waals surface area contributed by atoms with Crippen molar-refractivity contribution in [1.29, 1.82) is 0 Å². The second-order valence-corrected chi connectivity index (χ2v) is 4.34. The molecule has 0 atom stereocenters. The topological polar surface area (TPSA) is 60.2 Å². The van der Waals surface area contributed by atoms with E-state index in [9.17, 15) is 9.59 Å². The lowest BCUT2D eigenvalue weighted by Gasteiger charge is -2.08. The fraction of sp³-hybridized carbons (Fsp3) is 0.0667. The fourth-order valence-corrected chi connectivity index (χ4v) is 2.39. The monoisotopic (exact) mass is 237 g/mol. The van der Waals surface area contributed by atoms with Crippen LogP contribution in [0.25, 0.3) is 11.1 Å². The molecule has 0 saturated heterocycles. The number of nitrogens with two attached hydrogens (primary N) is 1. The molecule has 0 unspecified atom stereocenters. The molecule has 3 rings (SSSR count). The Morgan fingerprint density at radius 3 is 2.22 bits per heavy atom. The lowest BCUT2D eigenvalue weighted by Crippen LogP contribution is -2.00. The summed E-state index contributed by atoms with van der Waals surface area (Å²) in [6.45, 7) is 0. The lowest BCUT2D eigenvalue weighted by molar-refractivity contribution is 0.0923. The normalized spacial score (nSPS) is 13.8. The van der Waals surface area contributed by atoms with Gasteiger partial charge >= 0.3 is 0 Å². The Bertz CT molecular complexity index is 660. The molecule has 0 fully saturated rings. The van der Waals surface area contributed by atoms with Gasteiger partial charge in [-0.3, -0.25) is 9.59 Å². The molecule has 88 valence electrons. The van der Waals surface area contributed by atoms with Gasteiger partial charge in [-0.2, -0.15) is 0 Å². The minimum Gasteiger partial charge on any atom is -0.398 e. The van der Waals surface area contributed by atoms with Crippen LogP contribution in [0.5, 0.6) is 0 Å². The van der Waals surface area contributed by atoms with Gasteiger partial charge in [0.2, 0.25) is 0 Å². The van der Waals surface area contributed by atoms with Crippen LogP contribution < -0.4 is 5.73 Å². The van der Waals surface area contributed by atoms with E-state index in [-0.39, 0.29) is 18.0 Å². The smallest absolute Gasteiger partial charge is 0.173 e. The third-order valence-electron chi connectivity index (χ3n) is 3.20. The van der Waals surface area contributed by atoms with Gasteiger partial charge in [0.15, 0.2) is 11.6 Å². The van der Waals surface area contributed by atoms with E-state index in [1.54, 1.807) is 12.1 Å². The van der Waals surface area contributed by atoms with Gasteiger partial charge in [0.1, 0.15) is 0 Å². The lowest BCUT2D eigenvalue weighted by atomic mass is 9.95. The molecule has 0 radical (unpaired) electrons. The molecule has 2 aromatic carbocycles. The first-order valence-electron chi connectivity index (χ1n) is 5.73. The average Bonchev–Trinajstić information content (AvgIpc) is 2.68. The van der Waals surface area contributed by atoms with Gasteiger partial charge < -0.3 is 5.73 Å². The van der Waals surface area contributed by atoms with Crippen LogP contribution in [0.15, 0.2) is 42.5 Å². The second kappa shape index (κ2) is 3.81. The number of anilines is 1. The maximum Gasteiger partial charge on any atom is 0.173 e. The molecule has 18 heavy (non-hydrogen) atoms. The van der Waals surface area contributed by atoms with E-state index < -0.39 is 0 Å².